The molecular weight excluding hydrogens is 238 g/mol. The van der Waals surface area contributed by atoms with Crippen LogP contribution in [0, 0.1) is 11.8 Å². The van der Waals surface area contributed by atoms with E-state index in [9.17, 15) is 19.8 Å². The minimum Gasteiger partial charge on any atom is -0.481 e. The summed E-state index contributed by atoms with van der Waals surface area (Å²) < 4.78 is 0. The van der Waals surface area contributed by atoms with Gasteiger partial charge in [0.25, 0.3) is 0 Å². The maximum atomic E-state index is 12.2. The van der Waals surface area contributed by atoms with Crippen molar-refractivity contribution in [3.05, 3.63) is 0 Å². The molecule has 1 saturated carbocycles. The lowest BCUT2D eigenvalue weighted by atomic mass is 9.78. The predicted octanol–water partition coefficient (Wildman–Crippen LogP) is -0.559. The maximum Gasteiger partial charge on any atom is 0.307 e. The van der Waals surface area contributed by atoms with Gasteiger partial charge in [-0.15, -0.1) is 0 Å². The van der Waals surface area contributed by atoms with E-state index in [0.717, 1.165) is 12.8 Å². The number of carbonyl (C=O) groups is 2. The van der Waals surface area contributed by atoms with Crippen molar-refractivity contribution in [2.45, 2.75) is 37.9 Å². The minimum atomic E-state index is -0.923. The minimum absolute atomic E-state index is 0.100. The van der Waals surface area contributed by atoms with Crippen molar-refractivity contribution in [2.24, 2.45) is 11.8 Å². The fraction of sp³-hybridized carbons (Fsp3) is 0.833. The number of rotatable bonds is 2. The van der Waals surface area contributed by atoms with Crippen molar-refractivity contribution >= 4 is 11.9 Å². The Bertz CT molecular complexity index is 335. The molecule has 1 amide bonds. The molecule has 1 heterocycles. The second kappa shape index (κ2) is 5.24. The van der Waals surface area contributed by atoms with Crippen molar-refractivity contribution in [3.8, 4) is 0 Å². The Morgan fingerprint density at radius 1 is 0.944 bits per heavy atom. The average molecular weight is 257 g/mol. The van der Waals surface area contributed by atoms with E-state index in [0.29, 0.717) is 12.8 Å². The van der Waals surface area contributed by atoms with Crippen LogP contribution in [0.3, 0.4) is 0 Å². The number of hydrogen-bond donors (Lipinski definition) is 3. The summed E-state index contributed by atoms with van der Waals surface area (Å²) in [4.78, 5) is 24.8. The highest BCUT2D eigenvalue weighted by atomic mass is 16.4. The van der Waals surface area contributed by atoms with Crippen LogP contribution in [0.25, 0.3) is 0 Å². The molecule has 102 valence electrons. The van der Waals surface area contributed by atoms with Crippen molar-refractivity contribution in [1.82, 2.24) is 4.90 Å². The average Bonchev–Trinajstić information content (AvgIpc) is 2.68. The van der Waals surface area contributed by atoms with Crippen LogP contribution < -0.4 is 0 Å². The zero-order valence-electron chi connectivity index (χ0n) is 10.2. The molecule has 6 nitrogen and oxygen atoms in total. The summed E-state index contributed by atoms with van der Waals surface area (Å²) in [6, 6.07) is 0. The number of likely N-dealkylation sites (tertiary alicyclic amines) is 1. The number of aliphatic hydroxyl groups excluding tert-OH is 2. The highest BCUT2D eigenvalue weighted by Gasteiger charge is 2.41. The molecule has 1 aliphatic heterocycles. The summed E-state index contributed by atoms with van der Waals surface area (Å²) in [6.07, 6.45) is 0.982. The standard InChI is InChI=1S/C12H19NO5/c14-9-5-13(6-10(9)15)11(16)7-3-1-2-4-8(7)12(17)18/h7-10,14-15H,1-6H2,(H,17,18)/t7-,8+,9?,10?/m1/s1. The third-order valence-corrected chi connectivity index (χ3v) is 3.97. The third kappa shape index (κ3) is 2.49. The predicted molar refractivity (Wildman–Crippen MR) is 61.7 cm³/mol. The Hall–Kier alpha value is -1.14. The van der Waals surface area contributed by atoms with Gasteiger partial charge in [-0.1, -0.05) is 12.8 Å². The summed E-state index contributed by atoms with van der Waals surface area (Å²) >= 11 is 0. The van der Waals surface area contributed by atoms with Crippen LogP contribution in [0.15, 0.2) is 0 Å². The number of amides is 1. The number of aliphatic hydroxyl groups is 2. The van der Waals surface area contributed by atoms with Crippen LogP contribution in [0.5, 0.6) is 0 Å². The molecule has 2 rings (SSSR count). The highest BCUT2D eigenvalue weighted by molar-refractivity contribution is 5.85. The Morgan fingerprint density at radius 3 is 1.94 bits per heavy atom. The van der Waals surface area contributed by atoms with Crippen LogP contribution in [-0.2, 0) is 9.59 Å². The molecule has 0 aromatic carbocycles. The number of nitrogens with zero attached hydrogens (tertiary/aromatic N) is 1. The van der Waals surface area contributed by atoms with Gasteiger partial charge in [-0.2, -0.15) is 0 Å². The normalized spacial score (nSPS) is 36.7. The van der Waals surface area contributed by atoms with Crippen LogP contribution in [0.2, 0.25) is 0 Å². The molecule has 6 heteroatoms. The van der Waals surface area contributed by atoms with E-state index in [-0.39, 0.29) is 19.0 Å². The molecule has 0 radical (unpaired) electrons. The first kappa shape index (κ1) is 13.3. The molecule has 0 aromatic heterocycles. The largest absolute Gasteiger partial charge is 0.481 e. The molecule has 1 saturated heterocycles. The number of carbonyl (C=O) groups excluding carboxylic acids is 1. The lowest BCUT2D eigenvalue weighted by Gasteiger charge is -2.30. The van der Waals surface area contributed by atoms with Gasteiger partial charge in [0.1, 0.15) is 0 Å². The Morgan fingerprint density at radius 2 is 1.44 bits per heavy atom. The molecular formula is C12H19NO5. The molecule has 0 spiro atoms. The summed E-state index contributed by atoms with van der Waals surface area (Å²) in [7, 11) is 0. The van der Waals surface area contributed by atoms with Crippen molar-refractivity contribution in [2.75, 3.05) is 13.1 Å². The molecule has 2 unspecified atom stereocenters. The van der Waals surface area contributed by atoms with Gasteiger partial charge in [-0.25, -0.2) is 0 Å². The van der Waals surface area contributed by atoms with Gasteiger partial charge >= 0.3 is 5.97 Å². The van der Waals surface area contributed by atoms with Gasteiger partial charge in [0.2, 0.25) is 5.91 Å². The van der Waals surface area contributed by atoms with Crippen molar-refractivity contribution in [1.29, 1.82) is 0 Å². The zero-order valence-corrected chi connectivity index (χ0v) is 10.2. The Balaban J connectivity index is 2.05. The molecule has 2 fully saturated rings. The first-order chi connectivity index (χ1) is 8.50. The fourth-order valence-electron chi connectivity index (χ4n) is 2.91. The number of β-amino-alcohol motifs (C(OH)–C–C–N with tert-alkyl or cyclic N) is 2. The van der Waals surface area contributed by atoms with E-state index in [1.54, 1.807) is 0 Å². The maximum absolute atomic E-state index is 12.2. The van der Waals surface area contributed by atoms with Gasteiger partial charge in [-0.05, 0) is 12.8 Å². The van der Waals surface area contributed by atoms with Crippen molar-refractivity contribution in [3.63, 3.8) is 0 Å². The summed E-state index contributed by atoms with van der Waals surface area (Å²) in [5, 5.41) is 28.0. The van der Waals surface area contributed by atoms with Gasteiger partial charge in [0.05, 0.1) is 24.0 Å². The van der Waals surface area contributed by atoms with E-state index in [2.05, 4.69) is 0 Å². The van der Waals surface area contributed by atoms with E-state index >= 15 is 0 Å². The third-order valence-electron chi connectivity index (χ3n) is 3.97. The van der Waals surface area contributed by atoms with Gasteiger partial charge < -0.3 is 20.2 Å². The van der Waals surface area contributed by atoms with E-state index in [4.69, 9.17) is 5.11 Å². The molecule has 0 aromatic rings. The monoisotopic (exact) mass is 257 g/mol. The van der Waals surface area contributed by atoms with E-state index in [1.807, 2.05) is 0 Å². The highest BCUT2D eigenvalue weighted by Crippen LogP contribution is 2.32. The number of hydrogen-bond acceptors (Lipinski definition) is 4. The quantitative estimate of drug-likeness (QED) is 0.616. The zero-order chi connectivity index (χ0) is 13.3. The van der Waals surface area contributed by atoms with Crippen LogP contribution >= 0.6 is 0 Å². The molecule has 3 N–H and O–H groups in total. The van der Waals surface area contributed by atoms with Crippen molar-refractivity contribution < 1.29 is 24.9 Å². The van der Waals surface area contributed by atoms with Gasteiger partial charge in [-0.3, -0.25) is 9.59 Å². The molecule has 18 heavy (non-hydrogen) atoms. The fourth-order valence-corrected chi connectivity index (χ4v) is 2.91. The number of carboxylic acids is 1. The number of carboxylic acid groups (broad SMARTS) is 1. The Kier molecular flexibility index (Phi) is 3.87. The first-order valence-electron chi connectivity index (χ1n) is 6.38. The molecule has 1 aliphatic carbocycles. The smallest absolute Gasteiger partial charge is 0.307 e. The van der Waals surface area contributed by atoms with Crippen LogP contribution in [0.1, 0.15) is 25.7 Å². The summed E-state index contributed by atoms with van der Waals surface area (Å²) in [5.74, 6) is -2.29. The second-order valence-electron chi connectivity index (χ2n) is 5.21. The lowest BCUT2D eigenvalue weighted by Crippen LogP contribution is -2.42. The molecule has 4 atom stereocenters. The van der Waals surface area contributed by atoms with E-state index in [1.165, 1.54) is 4.90 Å². The Labute approximate surface area is 105 Å². The van der Waals surface area contributed by atoms with Crippen LogP contribution in [0.4, 0.5) is 0 Å². The molecule has 0 bridgehead atoms. The van der Waals surface area contributed by atoms with Crippen LogP contribution in [-0.4, -0.2) is 57.4 Å². The molecule has 2 aliphatic rings. The second-order valence-corrected chi connectivity index (χ2v) is 5.21. The first-order valence-corrected chi connectivity index (χ1v) is 6.38. The van der Waals surface area contributed by atoms with Gasteiger partial charge in [0, 0.05) is 13.1 Å². The van der Waals surface area contributed by atoms with E-state index < -0.39 is 30.0 Å². The SMILES string of the molecule is O=C(O)[C@H]1CCCC[C@H]1C(=O)N1CC(O)C(O)C1. The topological polar surface area (TPSA) is 98.1 Å². The lowest BCUT2D eigenvalue weighted by molar-refractivity contribution is -0.152. The van der Waals surface area contributed by atoms with Gasteiger partial charge in [0.15, 0.2) is 0 Å². The summed E-state index contributed by atoms with van der Waals surface area (Å²) in [5.41, 5.74) is 0. The summed E-state index contributed by atoms with van der Waals surface area (Å²) in [6.45, 7) is 0.200. The number of aliphatic carboxylic acids is 1.